The summed E-state index contributed by atoms with van der Waals surface area (Å²) in [7, 11) is 0. The standard InChI is InChI=1S/C10H14N/c1-3-11-9(2)10-7-5-4-6-8-10/h4-9,11H,1,3H2,2H3/t9-/m1/s1. The molecule has 0 bridgehead atoms. The van der Waals surface area contributed by atoms with Crippen LogP contribution in [0.4, 0.5) is 0 Å². The minimum absolute atomic E-state index is 0.411. The van der Waals surface area contributed by atoms with E-state index >= 15 is 0 Å². The van der Waals surface area contributed by atoms with Gasteiger partial charge in [0.1, 0.15) is 0 Å². The zero-order valence-corrected chi connectivity index (χ0v) is 6.88. The van der Waals surface area contributed by atoms with Crippen LogP contribution in [0.2, 0.25) is 0 Å². The van der Waals surface area contributed by atoms with Gasteiger partial charge in [0, 0.05) is 6.04 Å². The molecule has 0 saturated heterocycles. The predicted molar refractivity (Wildman–Crippen MR) is 48.2 cm³/mol. The minimum Gasteiger partial charge on any atom is -0.310 e. The molecule has 0 aliphatic carbocycles. The van der Waals surface area contributed by atoms with Gasteiger partial charge >= 0.3 is 0 Å². The van der Waals surface area contributed by atoms with Crippen LogP contribution in [0.3, 0.4) is 0 Å². The van der Waals surface area contributed by atoms with E-state index in [1.807, 2.05) is 6.07 Å². The van der Waals surface area contributed by atoms with Crippen molar-refractivity contribution in [3.8, 4) is 0 Å². The first kappa shape index (κ1) is 8.28. The van der Waals surface area contributed by atoms with Gasteiger partial charge in [-0.25, -0.2) is 0 Å². The summed E-state index contributed by atoms with van der Waals surface area (Å²) in [6.07, 6.45) is 0. The lowest BCUT2D eigenvalue weighted by atomic mass is 10.1. The third-order valence-electron chi connectivity index (χ3n) is 1.75. The fraction of sp³-hybridized carbons (Fsp3) is 0.300. The van der Waals surface area contributed by atoms with Gasteiger partial charge in [0.2, 0.25) is 0 Å². The Morgan fingerprint density at radius 3 is 2.55 bits per heavy atom. The van der Waals surface area contributed by atoms with Crippen LogP contribution in [0, 0.1) is 6.92 Å². The molecule has 1 nitrogen and oxygen atoms in total. The highest BCUT2D eigenvalue weighted by Gasteiger charge is 1.99. The van der Waals surface area contributed by atoms with Crippen molar-refractivity contribution >= 4 is 0 Å². The van der Waals surface area contributed by atoms with Crippen molar-refractivity contribution in [1.29, 1.82) is 0 Å². The highest BCUT2D eigenvalue weighted by Crippen LogP contribution is 2.09. The molecule has 0 aromatic heterocycles. The molecule has 0 heterocycles. The number of nitrogens with one attached hydrogen (secondary N) is 1. The molecule has 0 unspecified atom stereocenters. The molecule has 0 fully saturated rings. The highest BCUT2D eigenvalue weighted by molar-refractivity contribution is 5.17. The molecule has 0 aliphatic heterocycles. The van der Waals surface area contributed by atoms with E-state index in [4.69, 9.17) is 0 Å². The predicted octanol–water partition coefficient (Wildman–Crippen LogP) is 2.17. The Morgan fingerprint density at radius 1 is 1.36 bits per heavy atom. The van der Waals surface area contributed by atoms with Crippen molar-refractivity contribution < 1.29 is 0 Å². The Hall–Kier alpha value is -0.820. The van der Waals surface area contributed by atoms with Crippen molar-refractivity contribution in [2.45, 2.75) is 13.0 Å². The molecule has 1 heteroatoms. The SMILES string of the molecule is [CH2]CN[C@H](C)c1ccccc1. The Balaban J connectivity index is 2.61. The summed E-state index contributed by atoms with van der Waals surface area (Å²) < 4.78 is 0. The van der Waals surface area contributed by atoms with Crippen LogP contribution in [-0.2, 0) is 0 Å². The second kappa shape index (κ2) is 4.14. The van der Waals surface area contributed by atoms with Crippen LogP contribution in [0.5, 0.6) is 0 Å². The summed E-state index contributed by atoms with van der Waals surface area (Å²) >= 11 is 0. The van der Waals surface area contributed by atoms with Crippen molar-refractivity contribution in [3.63, 3.8) is 0 Å². The topological polar surface area (TPSA) is 12.0 Å². The minimum atomic E-state index is 0.411. The van der Waals surface area contributed by atoms with Gasteiger partial charge in [-0.3, -0.25) is 0 Å². The van der Waals surface area contributed by atoms with Crippen LogP contribution in [0.1, 0.15) is 18.5 Å². The fourth-order valence-corrected chi connectivity index (χ4v) is 1.08. The number of hydrogen-bond donors (Lipinski definition) is 1. The second-order valence-electron chi connectivity index (χ2n) is 2.59. The van der Waals surface area contributed by atoms with E-state index in [2.05, 4.69) is 43.4 Å². The molecule has 1 atom stereocenters. The summed E-state index contributed by atoms with van der Waals surface area (Å²) in [6.45, 7) is 6.65. The van der Waals surface area contributed by atoms with Crippen LogP contribution in [0.15, 0.2) is 30.3 Å². The lowest BCUT2D eigenvalue weighted by molar-refractivity contribution is 0.616. The van der Waals surface area contributed by atoms with E-state index in [0.717, 1.165) is 6.54 Å². The maximum absolute atomic E-state index is 3.74. The zero-order valence-electron chi connectivity index (χ0n) is 6.88. The molecule has 0 amide bonds. The number of benzene rings is 1. The van der Waals surface area contributed by atoms with Crippen LogP contribution in [-0.4, -0.2) is 6.54 Å². The molecule has 0 saturated carbocycles. The third-order valence-corrected chi connectivity index (χ3v) is 1.75. The monoisotopic (exact) mass is 148 g/mol. The van der Waals surface area contributed by atoms with Crippen molar-refractivity contribution in [2.75, 3.05) is 6.54 Å². The summed E-state index contributed by atoms with van der Waals surface area (Å²) in [5, 5.41) is 3.25. The van der Waals surface area contributed by atoms with Crippen molar-refractivity contribution in [1.82, 2.24) is 5.32 Å². The summed E-state index contributed by atoms with van der Waals surface area (Å²) in [4.78, 5) is 0. The average molecular weight is 148 g/mol. The fourth-order valence-electron chi connectivity index (χ4n) is 1.08. The van der Waals surface area contributed by atoms with Gasteiger partial charge in [-0.15, -0.1) is 0 Å². The van der Waals surface area contributed by atoms with Gasteiger partial charge in [-0.1, -0.05) is 30.3 Å². The molecule has 1 N–H and O–H groups in total. The molecule has 1 radical (unpaired) electrons. The second-order valence-corrected chi connectivity index (χ2v) is 2.59. The zero-order chi connectivity index (χ0) is 8.10. The smallest absolute Gasteiger partial charge is 0.0291 e. The van der Waals surface area contributed by atoms with Crippen molar-refractivity contribution in [2.24, 2.45) is 0 Å². The largest absolute Gasteiger partial charge is 0.310 e. The summed E-state index contributed by atoms with van der Waals surface area (Å²) in [6, 6.07) is 10.8. The van der Waals surface area contributed by atoms with Gasteiger partial charge in [0.25, 0.3) is 0 Å². The average Bonchev–Trinajstić information content (AvgIpc) is 2.07. The highest BCUT2D eigenvalue weighted by atomic mass is 14.9. The van der Waals surface area contributed by atoms with Gasteiger partial charge < -0.3 is 5.32 Å². The Kier molecular flexibility index (Phi) is 3.12. The van der Waals surface area contributed by atoms with Crippen LogP contribution >= 0.6 is 0 Å². The van der Waals surface area contributed by atoms with E-state index in [1.165, 1.54) is 5.56 Å². The first-order valence-electron chi connectivity index (χ1n) is 3.92. The van der Waals surface area contributed by atoms with E-state index in [-0.39, 0.29) is 0 Å². The number of rotatable bonds is 3. The quantitative estimate of drug-likeness (QED) is 0.692. The molecule has 1 rings (SSSR count). The van der Waals surface area contributed by atoms with Gasteiger partial charge in [-0.2, -0.15) is 0 Å². The Bertz CT molecular complexity index is 193. The normalized spacial score (nSPS) is 12.9. The third kappa shape index (κ3) is 2.35. The van der Waals surface area contributed by atoms with E-state index in [0.29, 0.717) is 6.04 Å². The van der Waals surface area contributed by atoms with E-state index < -0.39 is 0 Å². The number of hydrogen-bond acceptors (Lipinski definition) is 1. The maximum atomic E-state index is 3.74. The van der Waals surface area contributed by atoms with Gasteiger partial charge in [0.05, 0.1) is 0 Å². The molecule has 59 valence electrons. The lowest BCUT2D eigenvalue weighted by Gasteiger charge is -2.11. The Labute approximate surface area is 68.4 Å². The van der Waals surface area contributed by atoms with Crippen LogP contribution < -0.4 is 5.32 Å². The lowest BCUT2D eigenvalue weighted by Crippen LogP contribution is -2.17. The van der Waals surface area contributed by atoms with Gasteiger partial charge in [0.15, 0.2) is 0 Å². The van der Waals surface area contributed by atoms with Crippen molar-refractivity contribution in [3.05, 3.63) is 42.8 Å². The molecule has 0 aliphatic rings. The Morgan fingerprint density at radius 2 is 2.00 bits per heavy atom. The van der Waals surface area contributed by atoms with E-state index in [1.54, 1.807) is 0 Å². The summed E-state index contributed by atoms with van der Waals surface area (Å²) in [5.41, 5.74) is 1.32. The maximum Gasteiger partial charge on any atom is 0.0291 e. The molecule has 0 spiro atoms. The summed E-state index contributed by atoms with van der Waals surface area (Å²) in [5.74, 6) is 0. The molecular weight excluding hydrogens is 134 g/mol. The molecular formula is C10H14N. The van der Waals surface area contributed by atoms with Gasteiger partial charge in [-0.05, 0) is 26.0 Å². The van der Waals surface area contributed by atoms with E-state index in [9.17, 15) is 0 Å². The molecule has 1 aromatic rings. The first-order valence-corrected chi connectivity index (χ1v) is 3.92. The molecule has 1 aromatic carbocycles. The van der Waals surface area contributed by atoms with Crippen LogP contribution in [0.25, 0.3) is 0 Å². The molecule has 11 heavy (non-hydrogen) atoms. The first-order chi connectivity index (χ1) is 5.34.